The van der Waals surface area contributed by atoms with E-state index in [2.05, 4.69) is 0 Å². The first-order valence-electron chi connectivity index (χ1n) is 6.99. The highest BCUT2D eigenvalue weighted by molar-refractivity contribution is 5.89. The summed E-state index contributed by atoms with van der Waals surface area (Å²) in [5.41, 5.74) is -1.05. The van der Waals surface area contributed by atoms with Gasteiger partial charge in [-0.05, 0) is 39.5 Å². The average molecular weight is 269 g/mol. The van der Waals surface area contributed by atoms with Crippen LogP contribution in [0.4, 0.5) is 0 Å². The quantitative estimate of drug-likeness (QED) is 0.825. The molecule has 0 radical (unpaired) electrons. The Balaban J connectivity index is 2.22. The van der Waals surface area contributed by atoms with E-state index in [1.54, 1.807) is 11.8 Å². The molecule has 0 aromatic rings. The highest BCUT2D eigenvalue weighted by Crippen LogP contribution is 2.38. The summed E-state index contributed by atoms with van der Waals surface area (Å²) in [6.07, 6.45) is 1.18. The summed E-state index contributed by atoms with van der Waals surface area (Å²) in [6.45, 7) is 8.05. The number of carboxylic acid groups (broad SMARTS) is 1. The lowest BCUT2D eigenvalue weighted by atomic mass is 9.87. The first-order valence-corrected chi connectivity index (χ1v) is 6.99. The topological polar surface area (TPSA) is 66.8 Å². The number of nitrogens with zero attached hydrogens (tertiary/aromatic N) is 1. The van der Waals surface area contributed by atoms with Crippen molar-refractivity contribution in [2.45, 2.75) is 58.3 Å². The van der Waals surface area contributed by atoms with Gasteiger partial charge < -0.3 is 14.7 Å². The van der Waals surface area contributed by atoms with Crippen molar-refractivity contribution < 1.29 is 19.4 Å². The van der Waals surface area contributed by atoms with Gasteiger partial charge in [-0.25, -0.2) is 4.79 Å². The second-order valence-corrected chi connectivity index (χ2v) is 6.10. The van der Waals surface area contributed by atoms with Gasteiger partial charge in [-0.2, -0.15) is 0 Å². The van der Waals surface area contributed by atoms with Crippen molar-refractivity contribution >= 4 is 11.9 Å². The first-order chi connectivity index (χ1) is 8.79. The van der Waals surface area contributed by atoms with E-state index < -0.39 is 11.5 Å². The van der Waals surface area contributed by atoms with Crippen LogP contribution < -0.4 is 0 Å². The Morgan fingerprint density at radius 1 is 1.26 bits per heavy atom. The normalized spacial score (nSPS) is 42.6. The molecule has 1 N–H and O–H groups in total. The summed E-state index contributed by atoms with van der Waals surface area (Å²) < 4.78 is 5.70. The summed E-state index contributed by atoms with van der Waals surface area (Å²) in [4.78, 5) is 25.7. The van der Waals surface area contributed by atoms with Gasteiger partial charge in [-0.15, -0.1) is 0 Å². The fraction of sp³-hybridized carbons (Fsp3) is 0.857. The predicted octanol–water partition coefficient (Wildman–Crippen LogP) is 1.51. The van der Waals surface area contributed by atoms with E-state index in [0.29, 0.717) is 13.0 Å². The minimum atomic E-state index is -1.05. The van der Waals surface area contributed by atoms with E-state index in [4.69, 9.17) is 4.74 Å². The Bertz CT molecular complexity index is 397. The molecule has 5 unspecified atom stereocenters. The van der Waals surface area contributed by atoms with Crippen LogP contribution in [-0.4, -0.2) is 46.2 Å². The number of carbonyl (C=O) groups excluding carboxylic acids is 1. The van der Waals surface area contributed by atoms with Crippen LogP contribution in [-0.2, 0) is 14.3 Å². The van der Waals surface area contributed by atoms with E-state index in [0.717, 1.165) is 6.42 Å². The van der Waals surface area contributed by atoms with Crippen LogP contribution >= 0.6 is 0 Å². The number of hydrogen-bond acceptors (Lipinski definition) is 3. The van der Waals surface area contributed by atoms with Crippen molar-refractivity contribution in [1.29, 1.82) is 0 Å². The summed E-state index contributed by atoms with van der Waals surface area (Å²) in [7, 11) is 0. The number of ether oxygens (including phenoxy) is 1. The Kier molecular flexibility index (Phi) is 3.60. The maximum Gasteiger partial charge on any atom is 0.329 e. The molecule has 108 valence electrons. The van der Waals surface area contributed by atoms with Gasteiger partial charge in [0.15, 0.2) is 0 Å². The third kappa shape index (κ3) is 2.14. The minimum absolute atomic E-state index is 0.0441. The zero-order chi connectivity index (χ0) is 14.4. The fourth-order valence-corrected chi connectivity index (χ4v) is 3.41. The standard InChI is InChI=1S/C14H23NO4/c1-8-9(2)19-10(3)11(8)12(16)15-7-5-6-14(15,4)13(17)18/h8-11H,5-7H2,1-4H3,(H,17,18). The Labute approximate surface area is 113 Å². The van der Waals surface area contributed by atoms with E-state index in [-0.39, 0.29) is 30.0 Å². The van der Waals surface area contributed by atoms with Crippen LogP contribution in [0, 0.1) is 11.8 Å². The van der Waals surface area contributed by atoms with Crippen LogP contribution in [0.1, 0.15) is 40.5 Å². The lowest BCUT2D eigenvalue weighted by Gasteiger charge is -2.34. The fourth-order valence-electron chi connectivity index (χ4n) is 3.41. The third-order valence-corrected chi connectivity index (χ3v) is 4.89. The molecule has 5 heteroatoms. The van der Waals surface area contributed by atoms with Gasteiger partial charge in [0.2, 0.25) is 5.91 Å². The average Bonchev–Trinajstić information content (AvgIpc) is 2.82. The minimum Gasteiger partial charge on any atom is -0.480 e. The van der Waals surface area contributed by atoms with Gasteiger partial charge >= 0.3 is 5.97 Å². The van der Waals surface area contributed by atoms with E-state index >= 15 is 0 Å². The molecule has 19 heavy (non-hydrogen) atoms. The lowest BCUT2D eigenvalue weighted by Crippen LogP contribution is -2.54. The van der Waals surface area contributed by atoms with Crippen molar-refractivity contribution in [2.24, 2.45) is 11.8 Å². The third-order valence-electron chi connectivity index (χ3n) is 4.89. The van der Waals surface area contributed by atoms with Crippen molar-refractivity contribution in [2.75, 3.05) is 6.54 Å². The summed E-state index contributed by atoms with van der Waals surface area (Å²) in [6, 6.07) is 0. The molecule has 0 aromatic carbocycles. The molecule has 2 heterocycles. The number of rotatable bonds is 2. The van der Waals surface area contributed by atoms with Crippen molar-refractivity contribution in [3.8, 4) is 0 Å². The Hall–Kier alpha value is -1.10. The van der Waals surface area contributed by atoms with Gasteiger partial charge in [0, 0.05) is 6.54 Å². The predicted molar refractivity (Wildman–Crippen MR) is 69.7 cm³/mol. The molecule has 0 aliphatic carbocycles. The zero-order valence-electron chi connectivity index (χ0n) is 12.0. The molecule has 0 aromatic heterocycles. The molecular weight excluding hydrogens is 246 g/mol. The summed E-state index contributed by atoms with van der Waals surface area (Å²) in [5, 5.41) is 9.39. The number of hydrogen-bond donors (Lipinski definition) is 1. The summed E-state index contributed by atoms with van der Waals surface area (Å²) >= 11 is 0. The van der Waals surface area contributed by atoms with Gasteiger partial charge in [0.05, 0.1) is 18.1 Å². The summed E-state index contributed by atoms with van der Waals surface area (Å²) in [5.74, 6) is -1.08. The first kappa shape index (κ1) is 14.3. The van der Waals surface area contributed by atoms with E-state index in [1.807, 2.05) is 20.8 Å². The van der Waals surface area contributed by atoms with Crippen molar-refractivity contribution in [3.05, 3.63) is 0 Å². The number of aliphatic carboxylic acids is 1. The highest BCUT2D eigenvalue weighted by atomic mass is 16.5. The van der Waals surface area contributed by atoms with Gasteiger partial charge in [0.25, 0.3) is 0 Å². The molecule has 2 aliphatic rings. The van der Waals surface area contributed by atoms with Crippen LogP contribution in [0.5, 0.6) is 0 Å². The maximum absolute atomic E-state index is 12.7. The van der Waals surface area contributed by atoms with Crippen LogP contribution in [0.2, 0.25) is 0 Å². The van der Waals surface area contributed by atoms with Gasteiger partial charge in [-0.3, -0.25) is 4.79 Å². The molecule has 5 nitrogen and oxygen atoms in total. The second-order valence-electron chi connectivity index (χ2n) is 6.10. The smallest absolute Gasteiger partial charge is 0.329 e. The largest absolute Gasteiger partial charge is 0.480 e. The van der Waals surface area contributed by atoms with Crippen LogP contribution in [0.15, 0.2) is 0 Å². The van der Waals surface area contributed by atoms with E-state index in [9.17, 15) is 14.7 Å². The second kappa shape index (κ2) is 4.78. The maximum atomic E-state index is 12.7. The zero-order valence-corrected chi connectivity index (χ0v) is 12.0. The SMILES string of the molecule is CC1OC(C)C(C(=O)N2CCCC2(C)C(=O)O)C1C. The molecule has 5 atom stereocenters. The van der Waals surface area contributed by atoms with Crippen molar-refractivity contribution in [1.82, 2.24) is 4.90 Å². The number of likely N-dealkylation sites (tertiary alicyclic amines) is 1. The lowest BCUT2D eigenvalue weighted by molar-refractivity contribution is -0.158. The molecule has 1 amide bonds. The molecule has 2 aliphatic heterocycles. The molecule has 0 saturated carbocycles. The number of amides is 1. The Morgan fingerprint density at radius 2 is 1.89 bits per heavy atom. The van der Waals surface area contributed by atoms with Crippen LogP contribution in [0.25, 0.3) is 0 Å². The monoisotopic (exact) mass is 269 g/mol. The Morgan fingerprint density at radius 3 is 2.37 bits per heavy atom. The number of carboxylic acids is 1. The van der Waals surface area contributed by atoms with Gasteiger partial charge in [0.1, 0.15) is 5.54 Å². The molecule has 2 fully saturated rings. The molecule has 2 rings (SSSR count). The van der Waals surface area contributed by atoms with E-state index in [1.165, 1.54) is 0 Å². The molecular formula is C14H23NO4. The number of carbonyl (C=O) groups is 2. The van der Waals surface area contributed by atoms with Crippen LogP contribution in [0.3, 0.4) is 0 Å². The molecule has 0 spiro atoms. The van der Waals surface area contributed by atoms with Gasteiger partial charge in [-0.1, -0.05) is 6.92 Å². The molecule has 2 saturated heterocycles. The van der Waals surface area contributed by atoms with Crippen molar-refractivity contribution in [3.63, 3.8) is 0 Å². The molecule has 0 bridgehead atoms. The highest BCUT2D eigenvalue weighted by Gasteiger charge is 2.51.